The molecule has 11 heteroatoms. The second-order valence-electron chi connectivity index (χ2n) is 7.21. The molecule has 0 spiro atoms. The minimum Gasteiger partial charge on any atom is -0.441 e. The van der Waals surface area contributed by atoms with E-state index in [-0.39, 0.29) is 23.4 Å². The smallest absolute Gasteiger partial charge is 0.414 e. The summed E-state index contributed by atoms with van der Waals surface area (Å²) in [7, 11) is -6.47. The second-order valence-corrected chi connectivity index (χ2v) is 11.5. The average molecular weight is 447 g/mol. The third-order valence-corrected chi connectivity index (χ3v) is 8.14. The number of amides is 1. The largest absolute Gasteiger partial charge is 0.441 e. The Hall–Kier alpha value is -1.69. The zero-order valence-corrected chi connectivity index (χ0v) is 18.1. The van der Waals surface area contributed by atoms with E-state index in [2.05, 4.69) is 0 Å². The van der Waals surface area contributed by atoms with Crippen molar-refractivity contribution in [2.45, 2.75) is 36.9 Å². The molecule has 0 aliphatic carbocycles. The van der Waals surface area contributed by atoms with Crippen molar-refractivity contribution in [2.75, 3.05) is 43.1 Å². The Kier molecular flexibility index (Phi) is 6.51. The lowest BCUT2D eigenvalue weighted by Crippen LogP contribution is -2.42. The van der Waals surface area contributed by atoms with E-state index in [9.17, 15) is 21.6 Å². The van der Waals surface area contributed by atoms with Gasteiger partial charge in [-0.25, -0.2) is 25.9 Å². The van der Waals surface area contributed by atoms with Crippen molar-refractivity contribution in [3.63, 3.8) is 0 Å². The van der Waals surface area contributed by atoms with E-state index in [1.807, 2.05) is 0 Å². The molecule has 3 rings (SSSR count). The fourth-order valence-electron chi connectivity index (χ4n) is 3.40. The van der Waals surface area contributed by atoms with Gasteiger partial charge in [0.05, 0.1) is 29.9 Å². The van der Waals surface area contributed by atoms with Crippen LogP contribution in [0.3, 0.4) is 0 Å². The van der Waals surface area contributed by atoms with Crippen LogP contribution in [-0.4, -0.2) is 77.7 Å². The van der Waals surface area contributed by atoms with Gasteiger partial charge in [0.15, 0.2) is 9.84 Å². The van der Waals surface area contributed by atoms with Crippen LogP contribution in [0, 0.1) is 0 Å². The first-order valence-electron chi connectivity index (χ1n) is 9.48. The number of carbonyl (C=O) groups excluding carboxylic acids is 1. The lowest BCUT2D eigenvalue weighted by Gasteiger charge is -2.31. The van der Waals surface area contributed by atoms with Crippen molar-refractivity contribution < 1.29 is 31.1 Å². The van der Waals surface area contributed by atoms with Crippen LogP contribution in [0.25, 0.3) is 0 Å². The van der Waals surface area contributed by atoms with Crippen molar-refractivity contribution in [3.8, 4) is 0 Å². The highest BCUT2D eigenvalue weighted by molar-refractivity contribution is 7.90. The number of piperidine rings is 1. The van der Waals surface area contributed by atoms with Gasteiger partial charge in [0.25, 0.3) is 0 Å². The first kappa shape index (κ1) is 22.0. The van der Waals surface area contributed by atoms with Crippen molar-refractivity contribution in [1.82, 2.24) is 4.31 Å². The summed E-state index contributed by atoms with van der Waals surface area (Å²) in [5.74, 6) is 0.0948. The van der Waals surface area contributed by atoms with Gasteiger partial charge in [-0.3, -0.25) is 4.90 Å². The molecule has 0 bridgehead atoms. The van der Waals surface area contributed by atoms with Gasteiger partial charge in [0, 0.05) is 25.0 Å². The molecule has 1 aromatic rings. The first-order valence-corrected chi connectivity index (χ1v) is 13.0. The number of sulfonamides is 1. The Bertz CT molecular complexity index is 937. The van der Waals surface area contributed by atoms with E-state index >= 15 is 0 Å². The number of carbonyl (C=O) groups is 1. The van der Waals surface area contributed by atoms with E-state index in [4.69, 9.17) is 9.47 Å². The number of nitrogens with zero attached hydrogens (tertiary/aromatic N) is 2. The number of benzene rings is 1. The Balaban J connectivity index is 1.50. The Morgan fingerprint density at radius 1 is 1.10 bits per heavy atom. The molecule has 2 heterocycles. The Labute approximate surface area is 171 Å². The highest BCUT2D eigenvalue weighted by Crippen LogP contribution is 2.24. The number of ether oxygens (including phenoxy) is 2. The SMILES string of the molecule is CCS(=O)(=O)N1CCC(OCC2CN(c3ccc(S(C)(=O)=O)cc3)C(=O)O2)CC1. The number of hydrogen-bond donors (Lipinski definition) is 0. The molecule has 0 radical (unpaired) electrons. The van der Waals surface area contributed by atoms with Crippen LogP contribution >= 0.6 is 0 Å². The quantitative estimate of drug-likeness (QED) is 0.620. The Morgan fingerprint density at radius 3 is 2.28 bits per heavy atom. The summed E-state index contributed by atoms with van der Waals surface area (Å²) in [5, 5.41) is 0. The molecule has 2 fully saturated rings. The number of hydrogen-bond acceptors (Lipinski definition) is 7. The number of rotatable bonds is 7. The van der Waals surface area contributed by atoms with E-state index in [0.717, 1.165) is 6.26 Å². The zero-order chi connectivity index (χ0) is 21.2. The molecule has 2 saturated heterocycles. The molecule has 29 heavy (non-hydrogen) atoms. The van der Waals surface area contributed by atoms with Crippen LogP contribution in [0.5, 0.6) is 0 Å². The van der Waals surface area contributed by atoms with Crippen molar-refractivity contribution in [1.29, 1.82) is 0 Å². The van der Waals surface area contributed by atoms with Crippen molar-refractivity contribution in [3.05, 3.63) is 24.3 Å². The lowest BCUT2D eigenvalue weighted by molar-refractivity contribution is -0.0194. The standard InChI is InChI=1S/C18H26N2O7S2/c1-3-29(24,25)19-10-8-15(9-11-19)26-13-16-12-20(18(21)27-16)14-4-6-17(7-5-14)28(2,22)23/h4-7,15-16H,3,8-13H2,1-2H3. The summed E-state index contributed by atoms with van der Waals surface area (Å²) in [6.45, 7) is 3.04. The molecule has 2 aliphatic rings. The summed E-state index contributed by atoms with van der Waals surface area (Å²) in [5.41, 5.74) is 0.558. The molecule has 9 nitrogen and oxygen atoms in total. The lowest BCUT2D eigenvalue weighted by atomic mass is 10.1. The third-order valence-electron chi connectivity index (χ3n) is 5.13. The third kappa shape index (κ3) is 5.27. The predicted molar refractivity (Wildman–Crippen MR) is 107 cm³/mol. The number of anilines is 1. The molecular weight excluding hydrogens is 420 g/mol. The van der Waals surface area contributed by atoms with Crippen LogP contribution in [0.15, 0.2) is 29.2 Å². The van der Waals surface area contributed by atoms with Crippen LogP contribution in [0.4, 0.5) is 10.5 Å². The molecule has 1 unspecified atom stereocenters. The minimum atomic E-state index is -3.30. The van der Waals surface area contributed by atoms with Gasteiger partial charge in [-0.1, -0.05) is 0 Å². The first-order chi connectivity index (χ1) is 13.6. The molecule has 1 atom stereocenters. The predicted octanol–water partition coefficient (Wildman–Crippen LogP) is 1.25. The highest BCUT2D eigenvalue weighted by atomic mass is 32.2. The fraction of sp³-hybridized carbons (Fsp3) is 0.611. The minimum absolute atomic E-state index is 0.0693. The van der Waals surface area contributed by atoms with Gasteiger partial charge in [-0.15, -0.1) is 0 Å². The molecule has 1 aromatic carbocycles. The van der Waals surface area contributed by atoms with Gasteiger partial charge in [0.2, 0.25) is 10.0 Å². The second kappa shape index (κ2) is 8.58. The maximum Gasteiger partial charge on any atom is 0.414 e. The molecule has 0 aromatic heterocycles. The Morgan fingerprint density at radius 2 is 1.72 bits per heavy atom. The molecule has 0 saturated carbocycles. The number of cyclic esters (lactones) is 1. The summed E-state index contributed by atoms with van der Waals surface area (Å²) in [6.07, 6.45) is 1.33. The van der Waals surface area contributed by atoms with Gasteiger partial charge in [-0.05, 0) is 44.0 Å². The van der Waals surface area contributed by atoms with Crippen LogP contribution in [0.1, 0.15) is 19.8 Å². The average Bonchev–Trinajstić information content (AvgIpc) is 3.07. The van der Waals surface area contributed by atoms with E-state index in [0.29, 0.717) is 38.2 Å². The van der Waals surface area contributed by atoms with E-state index in [1.54, 1.807) is 19.1 Å². The molecular formula is C18H26N2O7S2. The van der Waals surface area contributed by atoms with Gasteiger partial charge in [0.1, 0.15) is 6.10 Å². The zero-order valence-electron chi connectivity index (χ0n) is 16.5. The summed E-state index contributed by atoms with van der Waals surface area (Å²) < 4.78 is 59.6. The topological polar surface area (TPSA) is 110 Å². The van der Waals surface area contributed by atoms with Crippen LogP contribution < -0.4 is 4.90 Å². The maximum absolute atomic E-state index is 12.2. The molecule has 0 N–H and O–H groups in total. The summed E-state index contributed by atoms with van der Waals surface area (Å²) in [6, 6.07) is 6.06. The van der Waals surface area contributed by atoms with E-state index < -0.39 is 32.1 Å². The van der Waals surface area contributed by atoms with E-state index in [1.165, 1.54) is 21.3 Å². The van der Waals surface area contributed by atoms with Gasteiger partial charge >= 0.3 is 6.09 Å². The van der Waals surface area contributed by atoms with Crippen molar-refractivity contribution in [2.24, 2.45) is 0 Å². The summed E-state index contributed by atoms with van der Waals surface area (Å²) in [4.78, 5) is 13.8. The van der Waals surface area contributed by atoms with Crippen LogP contribution in [0.2, 0.25) is 0 Å². The number of sulfone groups is 1. The molecule has 1 amide bonds. The van der Waals surface area contributed by atoms with Gasteiger partial charge < -0.3 is 9.47 Å². The van der Waals surface area contributed by atoms with Gasteiger partial charge in [-0.2, -0.15) is 0 Å². The summed E-state index contributed by atoms with van der Waals surface area (Å²) >= 11 is 0. The molecule has 162 valence electrons. The monoisotopic (exact) mass is 446 g/mol. The van der Waals surface area contributed by atoms with Crippen molar-refractivity contribution >= 4 is 31.6 Å². The van der Waals surface area contributed by atoms with Crippen LogP contribution in [-0.2, 0) is 29.3 Å². The fourth-order valence-corrected chi connectivity index (χ4v) is 5.16. The highest BCUT2D eigenvalue weighted by Gasteiger charge is 2.34. The molecule has 2 aliphatic heterocycles. The normalized spacial score (nSPS) is 22.1. The maximum atomic E-state index is 12.2.